The SMILES string of the molecule is CCNC(=NCCN1C(=O)CCCC1=O)NC(C)CCCC(C)C. The van der Waals surface area contributed by atoms with Gasteiger partial charge in [-0.2, -0.15) is 0 Å². The van der Waals surface area contributed by atoms with E-state index in [2.05, 4.69) is 36.4 Å². The highest BCUT2D eigenvalue weighted by molar-refractivity contribution is 5.97. The lowest BCUT2D eigenvalue weighted by molar-refractivity contribution is -0.147. The normalized spacial score (nSPS) is 17.4. The maximum absolute atomic E-state index is 11.8. The van der Waals surface area contributed by atoms with Gasteiger partial charge in [-0.25, -0.2) is 0 Å². The standard InChI is InChI=1S/C18H34N4O2/c1-5-19-18(21-15(4)9-6-8-14(2)3)20-12-13-22-16(23)10-7-11-17(22)24/h14-15H,5-13H2,1-4H3,(H2,19,20,21). The number of nitrogens with one attached hydrogen (secondary N) is 2. The molecule has 0 radical (unpaired) electrons. The minimum Gasteiger partial charge on any atom is -0.357 e. The zero-order chi connectivity index (χ0) is 17.9. The monoisotopic (exact) mass is 338 g/mol. The second-order valence-corrected chi connectivity index (χ2v) is 6.92. The van der Waals surface area contributed by atoms with Gasteiger partial charge >= 0.3 is 0 Å². The summed E-state index contributed by atoms with van der Waals surface area (Å²) < 4.78 is 0. The second-order valence-electron chi connectivity index (χ2n) is 6.92. The van der Waals surface area contributed by atoms with Crippen LogP contribution in [0.3, 0.4) is 0 Å². The Morgan fingerprint density at radius 1 is 1.17 bits per heavy atom. The van der Waals surface area contributed by atoms with E-state index in [1.165, 1.54) is 17.7 Å². The van der Waals surface area contributed by atoms with Gasteiger partial charge in [-0.15, -0.1) is 0 Å². The van der Waals surface area contributed by atoms with Crippen molar-refractivity contribution in [3.63, 3.8) is 0 Å². The summed E-state index contributed by atoms with van der Waals surface area (Å²) in [6, 6.07) is 0.347. The van der Waals surface area contributed by atoms with Crippen LogP contribution in [-0.2, 0) is 9.59 Å². The smallest absolute Gasteiger partial charge is 0.229 e. The largest absolute Gasteiger partial charge is 0.357 e. The van der Waals surface area contributed by atoms with Gasteiger partial charge in [0.2, 0.25) is 11.8 Å². The molecule has 1 fully saturated rings. The number of rotatable bonds is 9. The molecule has 0 bridgehead atoms. The molecule has 1 aliphatic rings. The molecule has 6 nitrogen and oxygen atoms in total. The number of amides is 2. The van der Waals surface area contributed by atoms with Crippen molar-refractivity contribution in [2.45, 2.75) is 72.3 Å². The third kappa shape index (κ3) is 7.79. The van der Waals surface area contributed by atoms with Gasteiger partial charge < -0.3 is 10.6 Å². The topological polar surface area (TPSA) is 73.8 Å². The highest BCUT2D eigenvalue weighted by Crippen LogP contribution is 2.11. The zero-order valence-corrected chi connectivity index (χ0v) is 15.7. The highest BCUT2D eigenvalue weighted by Gasteiger charge is 2.25. The summed E-state index contributed by atoms with van der Waals surface area (Å²) >= 11 is 0. The molecule has 0 spiro atoms. The lowest BCUT2D eigenvalue weighted by Crippen LogP contribution is -2.44. The number of nitrogens with zero attached hydrogens (tertiary/aromatic N) is 2. The quantitative estimate of drug-likeness (QED) is 0.384. The third-order valence-electron chi connectivity index (χ3n) is 4.12. The van der Waals surface area contributed by atoms with Crippen molar-refractivity contribution < 1.29 is 9.59 Å². The fourth-order valence-corrected chi connectivity index (χ4v) is 2.77. The zero-order valence-electron chi connectivity index (χ0n) is 15.7. The van der Waals surface area contributed by atoms with Gasteiger partial charge in [0.1, 0.15) is 0 Å². The summed E-state index contributed by atoms with van der Waals surface area (Å²) in [4.78, 5) is 29.4. The molecule has 2 N–H and O–H groups in total. The predicted octanol–water partition coefficient (Wildman–Crippen LogP) is 2.30. The van der Waals surface area contributed by atoms with Crippen LogP contribution in [0.5, 0.6) is 0 Å². The van der Waals surface area contributed by atoms with Crippen LogP contribution in [-0.4, -0.2) is 48.3 Å². The van der Waals surface area contributed by atoms with E-state index in [0.717, 1.165) is 24.8 Å². The molecule has 0 saturated carbocycles. The molecule has 0 aromatic heterocycles. The van der Waals surface area contributed by atoms with Crippen molar-refractivity contribution >= 4 is 17.8 Å². The molecule has 1 aliphatic heterocycles. The minimum absolute atomic E-state index is 0.0681. The van der Waals surface area contributed by atoms with E-state index in [0.29, 0.717) is 38.4 Å². The van der Waals surface area contributed by atoms with Gasteiger partial charge in [-0.3, -0.25) is 19.5 Å². The predicted molar refractivity (Wildman–Crippen MR) is 97.8 cm³/mol. The molecule has 1 unspecified atom stereocenters. The Kier molecular flexibility index (Phi) is 9.42. The highest BCUT2D eigenvalue weighted by atomic mass is 16.2. The van der Waals surface area contributed by atoms with Crippen LogP contribution in [0.4, 0.5) is 0 Å². The van der Waals surface area contributed by atoms with Crippen molar-refractivity contribution in [2.24, 2.45) is 10.9 Å². The second kappa shape index (κ2) is 11.0. The van der Waals surface area contributed by atoms with Crippen molar-refractivity contribution in [3.8, 4) is 0 Å². The van der Waals surface area contributed by atoms with Crippen molar-refractivity contribution in [1.29, 1.82) is 0 Å². The summed E-state index contributed by atoms with van der Waals surface area (Å²) in [6.45, 7) is 10.3. The molecule has 24 heavy (non-hydrogen) atoms. The van der Waals surface area contributed by atoms with Gasteiger partial charge in [0, 0.05) is 32.0 Å². The van der Waals surface area contributed by atoms with Crippen LogP contribution in [0.2, 0.25) is 0 Å². The average molecular weight is 338 g/mol. The van der Waals surface area contributed by atoms with E-state index >= 15 is 0 Å². The van der Waals surface area contributed by atoms with Crippen LogP contribution in [0.15, 0.2) is 4.99 Å². The van der Waals surface area contributed by atoms with E-state index in [1.807, 2.05) is 6.92 Å². The summed E-state index contributed by atoms with van der Waals surface area (Å²) in [5.41, 5.74) is 0. The Bertz CT molecular complexity index is 419. The Morgan fingerprint density at radius 3 is 2.42 bits per heavy atom. The summed E-state index contributed by atoms with van der Waals surface area (Å²) in [5.74, 6) is 1.35. The lowest BCUT2D eigenvalue weighted by Gasteiger charge is -2.24. The lowest BCUT2D eigenvalue weighted by atomic mass is 10.0. The number of carbonyl (C=O) groups is 2. The Morgan fingerprint density at radius 2 is 1.83 bits per heavy atom. The maximum atomic E-state index is 11.8. The Hall–Kier alpha value is -1.59. The van der Waals surface area contributed by atoms with Crippen molar-refractivity contribution in [2.75, 3.05) is 19.6 Å². The van der Waals surface area contributed by atoms with E-state index < -0.39 is 0 Å². The molecule has 1 heterocycles. The van der Waals surface area contributed by atoms with E-state index in [4.69, 9.17) is 0 Å². The Labute approximate surface area is 146 Å². The van der Waals surface area contributed by atoms with Crippen LogP contribution >= 0.6 is 0 Å². The average Bonchev–Trinajstić information content (AvgIpc) is 2.50. The van der Waals surface area contributed by atoms with Gasteiger partial charge in [0.15, 0.2) is 5.96 Å². The molecule has 1 atom stereocenters. The van der Waals surface area contributed by atoms with Crippen molar-refractivity contribution in [1.82, 2.24) is 15.5 Å². The van der Waals surface area contributed by atoms with E-state index in [-0.39, 0.29) is 11.8 Å². The minimum atomic E-state index is -0.0681. The number of likely N-dealkylation sites (tertiary alicyclic amines) is 1. The number of aliphatic imine (C=N–C) groups is 1. The molecule has 0 aromatic carbocycles. The summed E-state index contributed by atoms with van der Waals surface area (Å²) in [7, 11) is 0. The molecular weight excluding hydrogens is 304 g/mol. The summed E-state index contributed by atoms with van der Waals surface area (Å²) in [6.07, 6.45) is 5.16. The molecule has 2 amide bonds. The van der Waals surface area contributed by atoms with Crippen LogP contribution in [0.25, 0.3) is 0 Å². The number of piperidine rings is 1. The number of hydrogen-bond acceptors (Lipinski definition) is 3. The first-order valence-corrected chi connectivity index (χ1v) is 9.32. The molecule has 0 aromatic rings. The first-order valence-electron chi connectivity index (χ1n) is 9.32. The Balaban J connectivity index is 2.43. The van der Waals surface area contributed by atoms with Crippen molar-refractivity contribution in [3.05, 3.63) is 0 Å². The molecule has 138 valence electrons. The van der Waals surface area contributed by atoms with Crippen LogP contribution < -0.4 is 10.6 Å². The van der Waals surface area contributed by atoms with Gasteiger partial charge in [-0.05, 0) is 32.6 Å². The van der Waals surface area contributed by atoms with Gasteiger partial charge in [0.05, 0.1) is 6.54 Å². The maximum Gasteiger partial charge on any atom is 0.229 e. The molecule has 0 aliphatic carbocycles. The van der Waals surface area contributed by atoms with Gasteiger partial charge in [0.25, 0.3) is 0 Å². The molecular formula is C18H34N4O2. The van der Waals surface area contributed by atoms with E-state index in [9.17, 15) is 9.59 Å². The fraction of sp³-hybridized carbons (Fsp3) is 0.833. The first-order chi connectivity index (χ1) is 11.4. The van der Waals surface area contributed by atoms with Gasteiger partial charge in [-0.1, -0.05) is 26.7 Å². The van der Waals surface area contributed by atoms with Crippen LogP contribution in [0, 0.1) is 5.92 Å². The number of carbonyl (C=O) groups excluding carboxylic acids is 2. The number of guanidine groups is 1. The fourth-order valence-electron chi connectivity index (χ4n) is 2.77. The number of imide groups is 1. The molecule has 6 heteroatoms. The third-order valence-corrected chi connectivity index (χ3v) is 4.12. The van der Waals surface area contributed by atoms with E-state index in [1.54, 1.807) is 0 Å². The molecule has 1 saturated heterocycles. The summed E-state index contributed by atoms with van der Waals surface area (Å²) in [5, 5.41) is 6.63. The first kappa shape index (κ1) is 20.5. The van der Waals surface area contributed by atoms with Crippen LogP contribution in [0.1, 0.15) is 66.2 Å². The molecule has 1 rings (SSSR count). The number of hydrogen-bond donors (Lipinski definition) is 2.